The van der Waals surface area contributed by atoms with Crippen LogP contribution in [0.4, 0.5) is 4.39 Å². The summed E-state index contributed by atoms with van der Waals surface area (Å²) in [5.41, 5.74) is -0.325. The SMILES string of the molecule is N#CC1CC(F)CN1C(=O)CNC12CCC(C(=O)NCC3CCCC3)(CC1)CC2. The van der Waals surface area contributed by atoms with Gasteiger partial charge >= 0.3 is 0 Å². The lowest BCUT2D eigenvalue weighted by Crippen LogP contribution is -2.60. The Hall–Kier alpha value is -1.68. The smallest absolute Gasteiger partial charge is 0.237 e. The number of carbonyl (C=O) groups is 2. The first-order valence-electron chi connectivity index (χ1n) is 11.3. The van der Waals surface area contributed by atoms with Gasteiger partial charge in [0.25, 0.3) is 0 Å². The van der Waals surface area contributed by atoms with Crippen LogP contribution in [0.3, 0.4) is 0 Å². The molecule has 5 fully saturated rings. The van der Waals surface area contributed by atoms with E-state index in [1.807, 2.05) is 6.07 Å². The number of amides is 2. The maximum absolute atomic E-state index is 13.6. The van der Waals surface area contributed by atoms with E-state index >= 15 is 0 Å². The van der Waals surface area contributed by atoms with Crippen molar-refractivity contribution >= 4 is 11.8 Å². The average molecular weight is 405 g/mol. The number of rotatable bonds is 6. The Morgan fingerprint density at radius 3 is 2.38 bits per heavy atom. The molecule has 1 heterocycles. The number of nitrogens with one attached hydrogen (secondary N) is 2. The van der Waals surface area contributed by atoms with Gasteiger partial charge in [0.2, 0.25) is 11.8 Å². The zero-order valence-corrected chi connectivity index (χ0v) is 17.2. The lowest BCUT2D eigenvalue weighted by Gasteiger charge is -2.53. The molecule has 1 saturated heterocycles. The van der Waals surface area contributed by atoms with Crippen LogP contribution < -0.4 is 10.6 Å². The highest BCUT2D eigenvalue weighted by molar-refractivity contribution is 5.83. The maximum Gasteiger partial charge on any atom is 0.237 e. The normalized spacial score (nSPS) is 36.9. The third kappa shape index (κ3) is 4.14. The largest absolute Gasteiger partial charge is 0.355 e. The molecule has 2 unspecified atom stereocenters. The van der Waals surface area contributed by atoms with Crippen LogP contribution >= 0.6 is 0 Å². The summed E-state index contributed by atoms with van der Waals surface area (Å²) in [7, 11) is 0. The summed E-state index contributed by atoms with van der Waals surface area (Å²) in [4.78, 5) is 26.8. The fraction of sp³-hybridized carbons (Fsp3) is 0.864. The number of hydrogen-bond acceptors (Lipinski definition) is 4. The van der Waals surface area contributed by atoms with Gasteiger partial charge in [-0.1, -0.05) is 12.8 Å². The Morgan fingerprint density at radius 2 is 1.76 bits per heavy atom. The van der Waals surface area contributed by atoms with Crippen molar-refractivity contribution in [3.05, 3.63) is 0 Å². The van der Waals surface area contributed by atoms with Crippen LogP contribution in [0.1, 0.15) is 70.6 Å². The van der Waals surface area contributed by atoms with Crippen molar-refractivity contribution in [1.29, 1.82) is 5.26 Å². The second kappa shape index (κ2) is 8.22. The Morgan fingerprint density at radius 1 is 1.10 bits per heavy atom. The molecule has 29 heavy (non-hydrogen) atoms. The van der Waals surface area contributed by atoms with Crippen molar-refractivity contribution < 1.29 is 14.0 Å². The van der Waals surface area contributed by atoms with Gasteiger partial charge in [-0.2, -0.15) is 5.26 Å². The van der Waals surface area contributed by atoms with Crippen molar-refractivity contribution in [3.63, 3.8) is 0 Å². The van der Waals surface area contributed by atoms with Crippen LogP contribution in [-0.4, -0.2) is 54.1 Å². The molecule has 0 aromatic heterocycles. The molecule has 0 radical (unpaired) electrons. The molecule has 160 valence electrons. The second-order valence-electron chi connectivity index (χ2n) is 9.80. The molecule has 0 aromatic carbocycles. The average Bonchev–Trinajstić information content (AvgIpc) is 3.41. The number of nitrogens with zero attached hydrogens (tertiary/aromatic N) is 2. The van der Waals surface area contributed by atoms with Crippen LogP contribution in [0.25, 0.3) is 0 Å². The standard InChI is InChI=1S/C22H33FN4O2/c23-17-11-18(12-24)27(15-17)19(28)14-26-22-8-5-21(6-9-22,7-10-22)20(29)25-13-16-3-1-2-4-16/h16-18,26H,1-11,13-15H2,(H,25,29). The molecule has 2 atom stereocenters. The zero-order valence-electron chi connectivity index (χ0n) is 17.2. The minimum atomic E-state index is -1.10. The molecule has 2 bridgehead atoms. The summed E-state index contributed by atoms with van der Waals surface area (Å²) >= 11 is 0. The highest BCUT2D eigenvalue weighted by Gasteiger charge is 2.52. The van der Waals surface area contributed by atoms with E-state index in [-0.39, 0.29) is 42.3 Å². The van der Waals surface area contributed by atoms with Crippen LogP contribution in [0.5, 0.6) is 0 Å². The fourth-order valence-corrected chi connectivity index (χ4v) is 5.98. The fourth-order valence-electron chi connectivity index (χ4n) is 5.98. The van der Waals surface area contributed by atoms with Gasteiger partial charge in [0.1, 0.15) is 12.2 Å². The second-order valence-corrected chi connectivity index (χ2v) is 9.80. The van der Waals surface area contributed by atoms with Gasteiger partial charge in [-0.15, -0.1) is 0 Å². The van der Waals surface area contributed by atoms with Crippen LogP contribution in [0, 0.1) is 22.7 Å². The molecule has 4 saturated carbocycles. The summed E-state index contributed by atoms with van der Waals surface area (Å²) in [6.07, 6.45) is 9.34. The van der Waals surface area contributed by atoms with Crippen molar-refractivity contribution in [2.24, 2.45) is 11.3 Å². The zero-order chi connectivity index (χ0) is 20.5. The molecule has 5 rings (SSSR count). The number of nitriles is 1. The van der Waals surface area contributed by atoms with E-state index in [1.54, 1.807) is 0 Å². The topological polar surface area (TPSA) is 85.2 Å². The van der Waals surface area contributed by atoms with E-state index < -0.39 is 12.2 Å². The minimum absolute atomic E-state index is 0.0238. The molecule has 2 amide bonds. The van der Waals surface area contributed by atoms with E-state index in [4.69, 9.17) is 5.26 Å². The first-order chi connectivity index (χ1) is 14.0. The molecular weight excluding hydrogens is 371 g/mol. The summed E-state index contributed by atoms with van der Waals surface area (Å²) in [5.74, 6) is 0.695. The monoisotopic (exact) mass is 404 g/mol. The molecule has 0 aromatic rings. The highest BCUT2D eigenvalue weighted by atomic mass is 19.1. The van der Waals surface area contributed by atoms with Gasteiger partial charge in [0, 0.05) is 23.9 Å². The summed E-state index contributed by atoms with van der Waals surface area (Å²) in [5, 5.41) is 15.8. The molecular formula is C22H33FN4O2. The Kier molecular flexibility index (Phi) is 5.83. The van der Waals surface area contributed by atoms with E-state index in [0.717, 1.165) is 45.1 Å². The van der Waals surface area contributed by atoms with Crippen LogP contribution in [-0.2, 0) is 9.59 Å². The number of alkyl halides is 1. The number of halogens is 1. The molecule has 1 aliphatic heterocycles. The van der Waals surface area contributed by atoms with Crippen molar-refractivity contribution in [2.75, 3.05) is 19.6 Å². The summed E-state index contributed by atoms with van der Waals surface area (Å²) in [6, 6.07) is 1.39. The van der Waals surface area contributed by atoms with Gasteiger partial charge in [-0.3, -0.25) is 9.59 Å². The molecule has 2 N–H and O–H groups in total. The summed E-state index contributed by atoms with van der Waals surface area (Å²) < 4.78 is 13.6. The van der Waals surface area contributed by atoms with Crippen molar-refractivity contribution in [3.8, 4) is 6.07 Å². The Balaban J connectivity index is 1.26. The highest BCUT2D eigenvalue weighted by Crippen LogP contribution is 2.52. The number of carbonyl (C=O) groups excluding carboxylic acids is 2. The molecule has 0 spiro atoms. The van der Waals surface area contributed by atoms with Crippen LogP contribution in [0.15, 0.2) is 0 Å². The molecule has 6 nitrogen and oxygen atoms in total. The molecule has 4 aliphatic carbocycles. The quantitative estimate of drug-likeness (QED) is 0.712. The van der Waals surface area contributed by atoms with Crippen molar-refractivity contribution in [1.82, 2.24) is 15.5 Å². The number of likely N-dealkylation sites (tertiary alicyclic amines) is 1. The van der Waals surface area contributed by atoms with E-state index in [2.05, 4.69) is 10.6 Å². The number of hydrogen-bond donors (Lipinski definition) is 2. The lowest BCUT2D eigenvalue weighted by molar-refractivity contribution is -0.139. The van der Waals surface area contributed by atoms with Gasteiger partial charge in [-0.05, 0) is 57.3 Å². The minimum Gasteiger partial charge on any atom is -0.355 e. The van der Waals surface area contributed by atoms with Crippen molar-refractivity contribution in [2.45, 2.75) is 88.4 Å². The third-order valence-corrected chi connectivity index (χ3v) is 8.09. The first-order valence-corrected chi connectivity index (χ1v) is 11.3. The maximum atomic E-state index is 13.6. The third-order valence-electron chi connectivity index (χ3n) is 8.09. The Bertz CT molecular complexity index is 660. The van der Waals surface area contributed by atoms with Gasteiger partial charge in [0.15, 0.2) is 0 Å². The van der Waals surface area contributed by atoms with E-state index in [9.17, 15) is 14.0 Å². The molecule has 7 heteroatoms. The number of fused-ring (bicyclic) bond motifs is 3. The lowest BCUT2D eigenvalue weighted by atomic mass is 9.57. The summed E-state index contributed by atoms with van der Waals surface area (Å²) in [6.45, 7) is 0.992. The van der Waals surface area contributed by atoms with Crippen LogP contribution in [0.2, 0.25) is 0 Å². The predicted octanol–water partition coefficient (Wildman–Crippen LogP) is 2.44. The first kappa shape index (κ1) is 20.6. The van der Waals surface area contributed by atoms with Gasteiger partial charge in [-0.25, -0.2) is 4.39 Å². The van der Waals surface area contributed by atoms with E-state index in [1.165, 1.54) is 30.6 Å². The Labute approximate surface area is 172 Å². The van der Waals surface area contributed by atoms with E-state index in [0.29, 0.717) is 5.92 Å². The van der Waals surface area contributed by atoms with Gasteiger partial charge < -0.3 is 15.5 Å². The predicted molar refractivity (Wildman–Crippen MR) is 106 cm³/mol. The molecule has 5 aliphatic rings. The van der Waals surface area contributed by atoms with Gasteiger partial charge in [0.05, 0.1) is 19.2 Å².